The van der Waals surface area contributed by atoms with Gasteiger partial charge in [-0.15, -0.1) is 0 Å². The predicted molar refractivity (Wildman–Crippen MR) is 86.7 cm³/mol. The van der Waals surface area contributed by atoms with E-state index in [1.54, 1.807) is 6.26 Å². The van der Waals surface area contributed by atoms with Crippen molar-refractivity contribution in [1.82, 2.24) is 5.32 Å². The molecule has 1 aromatic heterocycles. The highest BCUT2D eigenvalue weighted by Gasteiger charge is 2.13. The maximum Gasteiger partial charge on any atom is 0.224 e. The minimum absolute atomic E-state index is 0.0674. The number of aryl methyl sites for hydroxylation is 1. The van der Waals surface area contributed by atoms with E-state index in [1.807, 2.05) is 0 Å². The van der Waals surface area contributed by atoms with Crippen molar-refractivity contribution < 1.29 is 9.21 Å². The Hall–Kier alpha value is -1.77. The molecule has 0 atom stereocenters. The molecule has 0 spiro atoms. The van der Waals surface area contributed by atoms with Gasteiger partial charge in [0.15, 0.2) is 0 Å². The summed E-state index contributed by atoms with van der Waals surface area (Å²) in [4.78, 5) is 12.0. The van der Waals surface area contributed by atoms with Gasteiger partial charge in [0.05, 0.1) is 12.7 Å². The topological polar surface area (TPSA) is 42.2 Å². The number of fused-ring (bicyclic) bond motifs is 1. The molecule has 3 heteroatoms. The molecule has 0 unspecified atom stereocenters. The Balaban J connectivity index is 2.20. The fourth-order valence-electron chi connectivity index (χ4n) is 2.64. The Bertz CT molecular complexity index is 625. The molecule has 0 aliphatic carbocycles. The summed E-state index contributed by atoms with van der Waals surface area (Å²) in [6.07, 6.45) is 4.21. The number of unbranched alkanes of at least 4 members (excludes halogenated alkanes) is 1. The van der Waals surface area contributed by atoms with Crippen LogP contribution in [0.25, 0.3) is 11.0 Å². The molecule has 0 fully saturated rings. The van der Waals surface area contributed by atoms with Crippen molar-refractivity contribution in [3.8, 4) is 0 Å². The monoisotopic (exact) mass is 287 g/mol. The Labute approximate surface area is 126 Å². The number of furan rings is 1. The largest absolute Gasteiger partial charge is 0.464 e. The number of rotatable bonds is 6. The minimum Gasteiger partial charge on any atom is -0.464 e. The molecule has 0 bridgehead atoms. The van der Waals surface area contributed by atoms with Crippen molar-refractivity contribution in [2.45, 2.75) is 52.9 Å². The van der Waals surface area contributed by atoms with Gasteiger partial charge in [-0.1, -0.05) is 27.2 Å². The predicted octanol–water partition coefficient (Wildman–Crippen LogP) is 4.32. The van der Waals surface area contributed by atoms with Crippen LogP contribution in [0.15, 0.2) is 22.8 Å². The second-order valence-electron chi connectivity index (χ2n) is 6.00. The molecule has 1 amide bonds. The summed E-state index contributed by atoms with van der Waals surface area (Å²) in [5.41, 5.74) is 4.40. The molecule has 0 aliphatic heterocycles. The third kappa shape index (κ3) is 3.66. The van der Waals surface area contributed by atoms with E-state index in [-0.39, 0.29) is 5.91 Å². The Morgan fingerprint density at radius 1 is 1.33 bits per heavy atom. The van der Waals surface area contributed by atoms with E-state index in [0.717, 1.165) is 35.9 Å². The van der Waals surface area contributed by atoms with Crippen molar-refractivity contribution in [2.75, 3.05) is 6.54 Å². The summed E-state index contributed by atoms with van der Waals surface area (Å²) in [5.74, 6) is 0.536. The number of benzene rings is 1. The van der Waals surface area contributed by atoms with Crippen molar-refractivity contribution in [3.63, 3.8) is 0 Å². The number of nitrogens with one attached hydrogen (secondary N) is 1. The molecule has 0 saturated heterocycles. The summed E-state index contributed by atoms with van der Waals surface area (Å²) < 4.78 is 5.61. The summed E-state index contributed by atoms with van der Waals surface area (Å²) >= 11 is 0. The van der Waals surface area contributed by atoms with Crippen molar-refractivity contribution in [3.05, 3.63) is 35.1 Å². The Kier molecular flexibility index (Phi) is 5.05. The number of carbonyl (C=O) groups excluding carboxylic acids is 1. The quantitative estimate of drug-likeness (QED) is 0.804. The first-order chi connectivity index (χ1) is 10.0. The van der Waals surface area contributed by atoms with Gasteiger partial charge in [-0.05, 0) is 42.5 Å². The summed E-state index contributed by atoms with van der Waals surface area (Å²) in [6.45, 7) is 9.35. The van der Waals surface area contributed by atoms with E-state index in [0.29, 0.717) is 12.3 Å². The maximum absolute atomic E-state index is 12.0. The number of carbonyl (C=O) groups is 1. The fourth-order valence-corrected chi connectivity index (χ4v) is 2.64. The van der Waals surface area contributed by atoms with Gasteiger partial charge in [-0.3, -0.25) is 4.79 Å². The van der Waals surface area contributed by atoms with Gasteiger partial charge in [-0.25, -0.2) is 0 Å². The van der Waals surface area contributed by atoms with Gasteiger partial charge in [0, 0.05) is 17.5 Å². The Morgan fingerprint density at radius 2 is 2.10 bits per heavy atom. The molecule has 1 aromatic carbocycles. The molecule has 0 saturated carbocycles. The molecule has 114 valence electrons. The average Bonchev–Trinajstić information content (AvgIpc) is 2.80. The lowest BCUT2D eigenvalue weighted by Crippen LogP contribution is -2.25. The highest BCUT2D eigenvalue weighted by molar-refractivity contribution is 5.88. The van der Waals surface area contributed by atoms with Crippen LogP contribution in [0.4, 0.5) is 0 Å². The lowest BCUT2D eigenvalue weighted by Gasteiger charge is -2.10. The van der Waals surface area contributed by atoms with Crippen LogP contribution in [0.1, 0.15) is 56.2 Å². The molecule has 0 aliphatic rings. The normalized spacial score (nSPS) is 11.3. The van der Waals surface area contributed by atoms with Crippen LogP contribution >= 0.6 is 0 Å². The number of hydrogen-bond acceptors (Lipinski definition) is 2. The fraction of sp³-hybridized carbons (Fsp3) is 0.500. The highest BCUT2D eigenvalue weighted by Crippen LogP contribution is 2.29. The lowest BCUT2D eigenvalue weighted by atomic mass is 9.95. The molecule has 2 aromatic rings. The summed E-state index contributed by atoms with van der Waals surface area (Å²) in [7, 11) is 0. The van der Waals surface area contributed by atoms with E-state index >= 15 is 0 Å². The first-order valence-electron chi connectivity index (χ1n) is 7.80. The van der Waals surface area contributed by atoms with Crippen LogP contribution in [0.2, 0.25) is 0 Å². The average molecular weight is 287 g/mol. The van der Waals surface area contributed by atoms with Crippen molar-refractivity contribution in [2.24, 2.45) is 0 Å². The molecule has 3 nitrogen and oxygen atoms in total. The van der Waals surface area contributed by atoms with Crippen LogP contribution in [0.3, 0.4) is 0 Å². The zero-order chi connectivity index (χ0) is 15.4. The van der Waals surface area contributed by atoms with Gasteiger partial charge in [0.1, 0.15) is 5.58 Å². The zero-order valence-electron chi connectivity index (χ0n) is 13.5. The molecule has 2 rings (SSSR count). The third-order valence-corrected chi connectivity index (χ3v) is 3.87. The minimum atomic E-state index is 0.0674. The van der Waals surface area contributed by atoms with Gasteiger partial charge in [0.2, 0.25) is 5.91 Å². The van der Waals surface area contributed by atoms with E-state index in [4.69, 9.17) is 4.42 Å². The SMILES string of the molecule is CCCCNC(=O)Cc1coc2cc(C)c(C(C)C)cc12. The molecular weight excluding hydrogens is 262 g/mol. The third-order valence-electron chi connectivity index (χ3n) is 3.87. The standard InChI is InChI=1S/C18H25NO2/c1-5-6-7-19-18(20)9-14-11-21-17-8-13(4)15(12(2)3)10-16(14)17/h8,10-12H,5-7,9H2,1-4H3,(H,19,20). The molecule has 1 heterocycles. The molecule has 0 radical (unpaired) electrons. The first-order valence-corrected chi connectivity index (χ1v) is 7.80. The zero-order valence-corrected chi connectivity index (χ0v) is 13.5. The lowest BCUT2D eigenvalue weighted by molar-refractivity contribution is -0.120. The number of amides is 1. The first kappa shape index (κ1) is 15.6. The van der Waals surface area contributed by atoms with Gasteiger partial charge in [-0.2, -0.15) is 0 Å². The van der Waals surface area contributed by atoms with Gasteiger partial charge >= 0.3 is 0 Å². The van der Waals surface area contributed by atoms with E-state index < -0.39 is 0 Å². The maximum atomic E-state index is 12.0. The van der Waals surface area contributed by atoms with Crippen LogP contribution in [-0.4, -0.2) is 12.5 Å². The number of hydrogen-bond donors (Lipinski definition) is 1. The summed E-state index contributed by atoms with van der Waals surface area (Å²) in [5, 5.41) is 4.02. The van der Waals surface area contributed by atoms with E-state index in [9.17, 15) is 4.79 Å². The van der Waals surface area contributed by atoms with Gasteiger partial charge < -0.3 is 9.73 Å². The molecule has 1 N–H and O–H groups in total. The van der Waals surface area contributed by atoms with E-state index in [1.165, 1.54) is 11.1 Å². The van der Waals surface area contributed by atoms with Crippen molar-refractivity contribution in [1.29, 1.82) is 0 Å². The van der Waals surface area contributed by atoms with Crippen LogP contribution in [0, 0.1) is 6.92 Å². The van der Waals surface area contributed by atoms with Crippen LogP contribution < -0.4 is 5.32 Å². The Morgan fingerprint density at radius 3 is 2.76 bits per heavy atom. The smallest absolute Gasteiger partial charge is 0.224 e. The van der Waals surface area contributed by atoms with Crippen LogP contribution in [-0.2, 0) is 11.2 Å². The second-order valence-corrected chi connectivity index (χ2v) is 6.00. The second kappa shape index (κ2) is 6.79. The van der Waals surface area contributed by atoms with Gasteiger partial charge in [0.25, 0.3) is 0 Å². The van der Waals surface area contributed by atoms with E-state index in [2.05, 4.69) is 45.1 Å². The molecule has 21 heavy (non-hydrogen) atoms. The van der Waals surface area contributed by atoms with Crippen LogP contribution in [0.5, 0.6) is 0 Å². The summed E-state index contributed by atoms with van der Waals surface area (Å²) in [6, 6.07) is 4.25. The molecular formula is C18H25NO2. The highest BCUT2D eigenvalue weighted by atomic mass is 16.3. The van der Waals surface area contributed by atoms with Crippen molar-refractivity contribution >= 4 is 16.9 Å².